The minimum Gasteiger partial charge on any atom is -0.462 e. The largest absolute Gasteiger partial charge is 0.462 e. The maximum Gasteiger partial charge on any atom is 0.330 e. The number of hydrogen-bond donors (Lipinski definition) is 0. The fraction of sp³-hybridized carbons (Fsp3) is 0.174. The van der Waals surface area contributed by atoms with Gasteiger partial charge >= 0.3 is 17.9 Å². The van der Waals surface area contributed by atoms with Crippen LogP contribution in [0.3, 0.4) is 0 Å². The van der Waals surface area contributed by atoms with Crippen LogP contribution in [0.5, 0.6) is 5.75 Å². The van der Waals surface area contributed by atoms with E-state index >= 15 is 0 Å². The number of rotatable bonds is 11. The lowest BCUT2D eigenvalue weighted by Gasteiger charge is -2.06. The Morgan fingerprint density at radius 3 is 2.00 bits per heavy atom. The van der Waals surface area contributed by atoms with Crippen molar-refractivity contribution in [3.8, 4) is 5.75 Å². The summed E-state index contributed by atoms with van der Waals surface area (Å²) in [7, 11) is 0. The monoisotopic (exact) mass is 476 g/mol. The summed E-state index contributed by atoms with van der Waals surface area (Å²) in [6.45, 7) is 2.96. The standard InChI is InChI=1S/C23H19F3N2O6/c1-2-20(29)32-9-10-33-21(30)7-8-22(31)34-17-5-3-15(4-6-17)13-27-28-14-16-11-18(24)23(26)19(25)12-16/h2-6,11-14H,1,7-10H2. The predicted octanol–water partition coefficient (Wildman–Crippen LogP) is 3.51. The molecule has 0 N–H and O–H groups in total. The van der Waals surface area contributed by atoms with Crippen LogP contribution in [0, 0.1) is 17.5 Å². The van der Waals surface area contributed by atoms with Gasteiger partial charge in [-0.3, -0.25) is 9.59 Å². The van der Waals surface area contributed by atoms with Crippen molar-refractivity contribution < 1.29 is 41.8 Å². The van der Waals surface area contributed by atoms with E-state index in [4.69, 9.17) is 9.47 Å². The van der Waals surface area contributed by atoms with Gasteiger partial charge in [-0.25, -0.2) is 18.0 Å². The fourth-order valence-electron chi connectivity index (χ4n) is 2.29. The quantitative estimate of drug-likeness (QED) is 0.0935. The van der Waals surface area contributed by atoms with Crippen LogP contribution in [0.25, 0.3) is 0 Å². The number of hydrogen-bond acceptors (Lipinski definition) is 8. The van der Waals surface area contributed by atoms with Crippen LogP contribution in [0.4, 0.5) is 13.2 Å². The molecule has 178 valence electrons. The second-order valence-corrected chi connectivity index (χ2v) is 6.42. The number of halogens is 3. The lowest BCUT2D eigenvalue weighted by Crippen LogP contribution is -2.15. The van der Waals surface area contributed by atoms with Crippen LogP contribution in [-0.4, -0.2) is 43.6 Å². The van der Waals surface area contributed by atoms with Crippen LogP contribution >= 0.6 is 0 Å². The van der Waals surface area contributed by atoms with Gasteiger partial charge in [-0.2, -0.15) is 10.2 Å². The first-order valence-corrected chi connectivity index (χ1v) is 9.75. The van der Waals surface area contributed by atoms with Crippen LogP contribution in [0.15, 0.2) is 59.3 Å². The smallest absolute Gasteiger partial charge is 0.330 e. The highest BCUT2D eigenvalue weighted by Gasteiger charge is 2.11. The fourth-order valence-corrected chi connectivity index (χ4v) is 2.29. The summed E-state index contributed by atoms with van der Waals surface area (Å²) < 4.78 is 53.7. The van der Waals surface area contributed by atoms with Gasteiger partial charge in [0.25, 0.3) is 0 Å². The van der Waals surface area contributed by atoms with Gasteiger partial charge in [0.05, 0.1) is 25.3 Å². The molecule has 0 fully saturated rings. The molecule has 0 saturated heterocycles. The average Bonchev–Trinajstić information content (AvgIpc) is 2.82. The van der Waals surface area contributed by atoms with Gasteiger partial charge < -0.3 is 14.2 Å². The molecule has 0 aliphatic rings. The third-order valence-electron chi connectivity index (χ3n) is 3.89. The molecule has 0 aliphatic carbocycles. The first-order valence-electron chi connectivity index (χ1n) is 9.75. The Kier molecular flexibility index (Phi) is 10.2. The van der Waals surface area contributed by atoms with Gasteiger partial charge in [0.2, 0.25) is 0 Å². The molecule has 0 aromatic heterocycles. The number of carbonyl (C=O) groups excluding carboxylic acids is 3. The normalized spacial score (nSPS) is 10.9. The van der Waals surface area contributed by atoms with Gasteiger partial charge in [-0.1, -0.05) is 6.58 Å². The van der Waals surface area contributed by atoms with Crippen molar-refractivity contribution in [1.29, 1.82) is 0 Å². The van der Waals surface area contributed by atoms with E-state index in [2.05, 4.69) is 21.5 Å². The Morgan fingerprint density at radius 1 is 0.824 bits per heavy atom. The van der Waals surface area contributed by atoms with E-state index in [0.717, 1.165) is 24.4 Å². The second kappa shape index (κ2) is 13.3. The van der Waals surface area contributed by atoms with Crippen molar-refractivity contribution in [2.24, 2.45) is 10.2 Å². The van der Waals surface area contributed by atoms with E-state index in [1.54, 1.807) is 12.1 Å². The molecule has 0 unspecified atom stereocenters. The molecule has 0 bridgehead atoms. The van der Waals surface area contributed by atoms with Crippen molar-refractivity contribution in [2.75, 3.05) is 13.2 Å². The van der Waals surface area contributed by atoms with Gasteiger partial charge in [0, 0.05) is 11.6 Å². The first kappa shape index (κ1) is 26.0. The molecule has 0 atom stereocenters. The molecule has 0 amide bonds. The lowest BCUT2D eigenvalue weighted by molar-refractivity contribution is -0.151. The van der Waals surface area contributed by atoms with Crippen molar-refractivity contribution in [3.05, 3.63) is 77.6 Å². The molecule has 11 heteroatoms. The summed E-state index contributed by atoms with van der Waals surface area (Å²) in [5.41, 5.74) is 0.574. The molecule has 2 rings (SSSR count). The first-order chi connectivity index (χ1) is 16.3. The molecule has 8 nitrogen and oxygen atoms in total. The summed E-state index contributed by atoms with van der Waals surface area (Å²) >= 11 is 0. The maximum absolute atomic E-state index is 13.1. The number of benzene rings is 2. The van der Waals surface area contributed by atoms with Crippen molar-refractivity contribution >= 4 is 30.3 Å². The molecule has 0 radical (unpaired) electrons. The van der Waals surface area contributed by atoms with Gasteiger partial charge in [-0.05, 0) is 42.0 Å². The minimum atomic E-state index is -1.56. The molecule has 2 aromatic carbocycles. The summed E-state index contributed by atoms with van der Waals surface area (Å²) in [5.74, 6) is -5.94. The summed E-state index contributed by atoms with van der Waals surface area (Å²) in [4.78, 5) is 34.2. The predicted molar refractivity (Wildman–Crippen MR) is 115 cm³/mol. The van der Waals surface area contributed by atoms with E-state index in [0.29, 0.717) is 5.56 Å². The average molecular weight is 476 g/mol. The van der Waals surface area contributed by atoms with E-state index in [-0.39, 0.29) is 37.4 Å². The Labute approximate surface area is 192 Å². The number of esters is 3. The van der Waals surface area contributed by atoms with Crippen molar-refractivity contribution in [1.82, 2.24) is 0 Å². The van der Waals surface area contributed by atoms with Crippen LogP contribution < -0.4 is 4.74 Å². The van der Waals surface area contributed by atoms with Crippen molar-refractivity contribution in [3.63, 3.8) is 0 Å². The van der Waals surface area contributed by atoms with Crippen LogP contribution in [0.1, 0.15) is 24.0 Å². The molecule has 2 aromatic rings. The molecular formula is C23H19F3N2O6. The Morgan fingerprint density at radius 2 is 1.38 bits per heavy atom. The Bertz CT molecular complexity index is 1080. The van der Waals surface area contributed by atoms with Gasteiger partial charge in [0.1, 0.15) is 19.0 Å². The molecule has 0 spiro atoms. The Balaban J connectivity index is 1.74. The summed E-state index contributed by atoms with van der Waals surface area (Å²) in [5, 5.41) is 7.35. The third-order valence-corrected chi connectivity index (χ3v) is 3.89. The van der Waals surface area contributed by atoms with Gasteiger partial charge in [-0.15, -0.1) is 0 Å². The molecular weight excluding hydrogens is 457 g/mol. The van der Waals surface area contributed by atoms with Crippen molar-refractivity contribution in [2.45, 2.75) is 12.8 Å². The second-order valence-electron chi connectivity index (χ2n) is 6.42. The molecule has 34 heavy (non-hydrogen) atoms. The zero-order valence-electron chi connectivity index (χ0n) is 17.7. The summed E-state index contributed by atoms with van der Waals surface area (Å²) in [6, 6.07) is 7.66. The zero-order chi connectivity index (χ0) is 24.9. The highest BCUT2D eigenvalue weighted by molar-refractivity contribution is 5.83. The number of nitrogens with zero attached hydrogens (tertiary/aromatic N) is 2. The van der Waals surface area contributed by atoms with Crippen LogP contribution in [0.2, 0.25) is 0 Å². The number of ether oxygens (including phenoxy) is 3. The topological polar surface area (TPSA) is 104 Å². The highest BCUT2D eigenvalue weighted by Crippen LogP contribution is 2.13. The molecule has 0 aliphatic heterocycles. The third kappa shape index (κ3) is 9.07. The molecule has 0 saturated carbocycles. The van der Waals surface area contributed by atoms with Gasteiger partial charge in [0.15, 0.2) is 17.5 Å². The molecule has 0 heterocycles. The van der Waals surface area contributed by atoms with E-state index in [1.807, 2.05) is 0 Å². The SMILES string of the molecule is C=CC(=O)OCCOC(=O)CCC(=O)Oc1ccc(C=NN=Cc2cc(F)c(F)c(F)c2)cc1. The number of carbonyl (C=O) groups is 3. The Hall–Kier alpha value is -4.28. The van der Waals surface area contributed by atoms with E-state index in [1.165, 1.54) is 18.3 Å². The van der Waals surface area contributed by atoms with E-state index in [9.17, 15) is 27.6 Å². The highest BCUT2D eigenvalue weighted by atomic mass is 19.2. The summed E-state index contributed by atoms with van der Waals surface area (Å²) in [6.07, 6.45) is 2.94. The van der Waals surface area contributed by atoms with Crippen LogP contribution in [-0.2, 0) is 23.9 Å². The lowest BCUT2D eigenvalue weighted by atomic mass is 10.2. The zero-order valence-corrected chi connectivity index (χ0v) is 17.7. The minimum absolute atomic E-state index is 0.00387. The van der Waals surface area contributed by atoms with E-state index < -0.39 is 35.4 Å². The maximum atomic E-state index is 13.1.